The summed E-state index contributed by atoms with van der Waals surface area (Å²) in [6.07, 6.45) is -3.33. The number of rotatable bonds is 10. The highest BCUT2D eigenvalue weighted by Crippen LogP contribution is 2.46. The molecule has 6 nitrogen and oxygen atoms in total. The molecule has 4 aromatic rings. The van der Waals surface area contributed by atoms with Crippen molar-refractivity contribution >= 4 is 46.0 Å². The number of halogens is 5. The third-order valence-electron chi connectivity index (χ3n) is 7.02. The van der Waals surface area contributed by atoms with Gasteiger partial charge in [-0.2, -0.15) is 18.3 Å². The van der Waals surface area contributed by atoms with E-state index in [1.807, 2.05) is 31.2 Å². The first-order chi connectivity index (χ1) is 19.4. The predicted molar refractivity (Wildman–Crippen MR) is 153 cm³/mol. The third-order valence-corrected chi connectivity index (χ3v) is 7.56. The molecule has 0 aliphatic rings. The topological polar surface area (TPSA) is 84.2 Å². The van der Waals surface area contributed by atoms with Crippen LogP contribution in [0.1, 0.15) is 70.8 Å². The Morgan fingerprint density at radius 3 is 2.24 bits per heavy atom. The number of carbonyl (C=O) groups excluding carboxylic acids is 1. The highest BCUT2D eigenvalue weighted by Gasteiger charge is 2.35. The molecule has 0 spiro atoms. The van der Waals surface area contributed by atoms with Crippen LogP contribution in [0.25, 0.3) is 10.9 Å². The van der Waals surface area contributed by atoms with Crippen molar-refractivity contribution in [2.45, 2.75) is 44.2 Å². The van der Waals surface area contributed by atoms with Crippen LogP contribution >= 0.6 is 23.2 Å². The Balaban J connectivity index is 1.85. The smallest absolute Gasteiger partial charge is 0.416 e. The second-order valence-electron chi connectivity index (χ2n) is 9.81. The first kappa shape index (κ1) is 30.4. The lowest BCUT2D eigenvalue weighted by molar-refractivity contribution is -0.138. The van der Waals surface area contributed by atoms with Gasteiger partial charge in [0.05, 0.1) is 22.7 Å². The molecule has 0 radical (unpaired) electrons. The number of amides is 1. The molecule has 0 aliphatic carbocycles. The lowest BCUT2D eigenvalue weighted by Gasteiger charge is -2.29. The number of aryl methyl sites for hydroxylation is 1. The minimum atomic E-state index is -4.59. The fraction of sp³-hybridized carbons (Fsp3) is 0.300. The Morgan fingerprint density at radius 2 is 1.66 bits per heavy atom. The molecule has 41 heavy (non-hydrogen) atoms. The molecule has 0 saturated carbocycles. The Kier molecular flexibility index (Phi) is 9.29. The maximum absolute atomic E-state index is 13.8. The first-order valence-corrected chi connectivity index (χ1v) is 13.7. The summed E-state index contributed by atoms with van der Waals surface area (Å²) >= 11 is 12.5. The van der Waals surface area contributed by atoms with Crippen molar-refractivity contribution in [3.05, 3.63) is 98.7 Å². The van der Waals surface area contributed by atoms with Crippen LogP contribution in [-0.4, -0.2) is 33.3 Å². The van der Waals surface area contributed by atoms with Crippen molar-refractivity contribution in [1.29, 1.82) is 0 Å². The van der Waals surface area contributed by atoms with Gasteiger partial charge in [0.25, 0.3) is 5.91 Å². The predicted octanol–water partition coefficient (Wildman–Crippen LogP) is 7.82. The average Bonchev–Trinajstić information content (AvgIpc) is 3.25. The van der Waals surface area contributed by atoms with Crippen LogP contribution in [0.15, 0.2) is 60.7 Å². The first-order valence-electron chi connectivity index (χ1n) is 13.0. The van der Waals surface area contributed by atoms with Gasteiger partial charge in [0.1, 0.15) is 5.52 Å². The number of aliphatic carboxylic acids is 1. The maximum Gasteiger partial charge on any atom is 0.416 e. The quantitative estimate of drug-likeness (QED) is 0.193. The molecular weight excluding hydrogens is 578 g/mol. The van der Waals surface area contributed by atoms with E-state index in [2.05, 4.69) is 10.4 Å². The second kappa shape index (κ2) is 12.5. The molecule has 0 aliphatic heterocycles. The van der Waals surface area contributed by atoms with Crippen LogP contribution in [0.4, 0.5) is 13.2 Å². The van der Waals surface area contributed by atoms with E-state index in [4.69, 9.17) is 28.3 Å². The molecule has 1 aromatic heterocycles. The lowest BCUT2D eigenvalue weighted by atomic mass is 9.76. The van der Waals surface area contributed by atoms with Crippen LogP contribution in [-0.2, 0) is 18.0 Å². The highest BCUT2D eigenvalue weighted by atomic mass is 35.5. The molecule has 11 heteroatoms. The minimum absolute atomic E-state index is 0.00303. The average molecular weight is 606 g/mol. The van der Waals surface area contributed by atoms with E-state index in [1.54, 1.807) is 36.0 Å². The molecule has 1 heterocycles. The van der Waals surface area contributed by atoms with Gasteiger partial charge in [-0.05, 0) is 59.9 Å². The molecule has 1 amide bonds. The summed E-state index contributed by atoms with van der Waals surface area (Å²) in [4.78, 5) is 23.3. The van der Waals surface area contributed by atoms with E-state index in [0.29, 0.717) is 28.1 Å². The molecule has 216 valence electrons. The molecule has 0 saturated heterocycles. The summed E-state index contributed by atoms with van der Waals surface area (Å²) in [6, 6.07) is 16.1. The summed E-state index contributed by atoms with van der Waals surface area (Å²) in [6.45, 7) is 2.03. The van der Waals surface area contributed by atoms with Gasteiger partial charge in [0.2, 0.25) is 0 Å². The summed E-state index contributed by atoms with van der Waals surface area (Å²) in [5.41, 5.74) is 2.07. The molecule has 2 unspecified atom stereocenters. The van der Waals surface area contributed by atoms with E-state index in [1.165, 1.54) is 0 Å². The van der Waals surface area contributed by atoms with Gasteiger partial charge in [0.15, 0.2) is 0 Å². The Labute approximate surface area is 245 Å². The van der Waals surface area contributed by atoms with Crippen molar-refractivity contribution in [3.63, 3.8) is 0 Å². The Bertz CT molecular complexity index is 1550. The molecule has 2 atom stereocenters. The Morgan fingerprint density at radius 1 is 1.02 bits per heavy atom. The number of hydrogen-bond donors (Lipinski definition) is 2. The van der Waals surface area contributed by atoms with Gasteiger partial charge < -0.3 is 10.4 Å². The minimum Gasteiger partial charge on any atom is -0.481 e. The van der Waals surface area contributed by atoms with Gasteiger partial charge >= 0.3 is 12.1 Å². The van der Waals surface area contributed by atoms with Crippen molar-refractivity contribution in [2.75, 3.05) is 6.54 Å². The monoisotopic (exact) mass is 605 g/mol. The zero-order valence-electron chi connectivity index (χ0n) is 22.3. The zero-order valence-corrected chi connectivity index (χ0v) is 23.8. The number of carbonyl (C=O) groups is 2. The SMILES string of the molecule is CCCC(c1ccc(C(=O)NCCC(=O)O)cc1)C(c1ccc(Cl)cc1)c1c2cc(C(F)(F)F)cc(Cl)c2nn1C. The van der Waals surface area contributed by atoms with Crippen LogP contribution in [0, 0.1) is 0 Å². The van der Waals surface area contributed by atoms with Crippen LogP contribution < -0.4 is 5.32 Å². The normalized spacial score (nSPS) is 13.2. The maximum atomic E-state index is 13.8. The number of aromatic nitrogens is 2. The number of nitrogens with zero attached hydrogens (tertiary/aromatic N) is 2. The summed E-state index contributed by atoms with van der Waals surface area (Å²) in [5, 5.41) is 16.7. The van der Waals surface area contributed by atoms with Gasteiger partial charge in [-0.15, -0.1) is 0 Å². The molecule has 0 fully saturated rings. The largest absolute Gasteiger partial charge is 0.481 e. The van der Waals surface area contributed by atoms with E-state index in [9.17, 15) is 22.8 Å². The summed E-state index contributed by atoms with van der Waals surface area (Å²) in [5.74, 6) is -2.05. The Hall–Kier alpha value is -3.56. The van der Waals surface area contributed by atoms with Crippen molar-refractivity contribution in [2.24, 2.45) is 7.05 Å². The number of fused-ring (bicyclic) bond motifs is 1. The van der Waals surface area contributed by atoms with Crippen LogP contribution in [0.2, 0.25) is 10.0 Å². The number of nitrogens with one attached hydrogen (secondary N) is 1. The van der Waals surface area contributed by atoms with Gasteiger partial charge in [0, 0.05) is 35.5 Å². The van der Waals surface area contributed by atoms with Gasteiger partial charge in [-0.3, -0.25) is 14.3 Å². The van der Waals surface area contributed by atoms with Crippen LogP contribution in [0.5, 0.6) is 0 Å². The highest BCUT2D eigenvalue weighted by molar-refractivity contribution is 6.35. The molecule has 3 aromatic carbocycles. The molecule has 0 bridgehead atoms. The fourth-order valence-electron chi connectivity index (χ4n) is 5.16. The van der Waals surface area contributed by atoms with Crippen molar-refractivity contribution in [1.82, 2.24) is 15.1 Å². The van der Waals surface area contributed by atoms with E-state index in [-0.39, 0.29) is 29.4 Å². The molecule has 4 rings (SSSR count). The van der Waals surface area contributed by atoms with E-state index >= 15 is 0 Å². The molecular formula is C30H28Cl2F3N3O3. The zero-order chi connectivity index (χ0) is 29.9. The lowest BCUT2D eigenvalue weighted by Crippen LogP contribution is -2.26. The standard InChI is InChI=1S/C30H28Cl2F3N3O3/c1-3-4-22(17-5-7-19(8-6-17)29(41)36-14-13-25(39)40)26(18-9-11-21(31)12-10-18)28-23-15-20(30(33,34)35)16-24(32)27(23)37-38(28)2/h5-12,15-16,22,26H,3-4,13-14H2,1-2H3,(H,36,41)(H,39,40). The number of carboxylic acids is 1. The summed E-state index contributed by atoms with van der Waals surface area (Å²) < 4.78 is 43.0. The third kappa shape index (κ3) is 6.85. The summed E-state index contributed by atoms with van der Waals surface area (Å²) in [7, 11) is 1.69. The van der Waals surface area contributed by atoms with Crippen LogP contribution in [0.3, 0.4) is 0 Å². The fourth-order valence-corrected chi connectivity index (χ4v) is 5.54. The number of alkyl halides is 3. The second-order valence-corrected chi connectivity index (χ2v) is 10.7. The number of benzene rings is 3. The van der Waals surface area contributed by atoms with Gasteiger partial charge in [-0.1, -0.05) is 60.8 Å². The van der Waals surface area contributed by atoms with E-state index < -0.39 is 29.5 Å². The number of hydrogen-bond acceptors (Lipinski definition) is 3. The van der Waals surface area contributed by atoms with E-state index in [0.717, 1.165) is 29.7 Å². The number of carboxylic acid groups (broad SMARTS) is 1. The molecule has 2 N–H and O–H groups in total. The van der Waals surface area contributed by atoms with Gasteiger partial charge in [-0.25, -0.2) is 0 Å². The van der Waals surface area contributed by atoms with Crippen molar-refractivity contribution < 1.29 is 27.9 Å². The van der Waals surface area contributed by atoms with Crippen molar-refractivity contribution in [3.8, 4) is 0 Å².